The Balaban J connectivity index is 1.17. The molecular weight excluding hydrogens is 578 g/mol. The second kappa shape index (κ2) is 11.4. The lowest BCUT2D eigenvalue weighted by atomic mass is 9.93. The molecule has 1 atom stereocenters. The molecule has 3 fully saturated rings. The Morgan fingerprint density at radius 1 is 1.05 bits per heavy atom. The number of carbonyl (C=O) groups excluding carboxylic acids is 1. The number of amides is 1. The molecule has 4 bridgehead atoms. The van der Waals surface area contributed by atoms with Crippen molar-refractivity contribution < 1.29 is 17.9 Å². The highest BCUT2D eigenvalue weighted by Crippen LogP contribution is 2.50. The third-order valence-corrected chi connectivity index (χ3v) is 10.8. The van der Waals surface area contributed by atoms with Gasteiger partial charge in [0.05, 0.1) is 12.2 Å². The molecule has 2 N–H and O–H groups in total. The van der Waals surface area contributed by atoms with E-state index in [1.54, 1.807) is 28.9 Å². The van der Waals surface area contributed by atoms with Gasteiger partial charge in [0.2, 0.25) is 5.88 Å². The molecular formula is C32H41N7O4S. The predicted molar refractivity (Wildman–Crippen MR) is 167 cm³/mol. The zero-order valence-electron chi connectivity index (χ0n) is 25.4. The van der Waals surface area contributed by atoms with Gasteiger partial charge in [0, 0.05) is 30.9 Å². The fraction of sp³-hybridized carbons (Fsp3) is 0.562. The van der Waals surface area contributed by atoms with Gasteiger partial charge in [0.15, 0.2) is 10.8 Å². The topological polar surface area (TPSA) is 131 Å². The highest BCUT2D eigenvalue weighted by Gasteiger charge is 2.42. The maximum Gasteiger partial charge on any atom is 0.281 e. The van der Waals surface area contributed by atoms with E-state index in [1.807, 2.05) is 12.3 Å². The zero-order chi connectivity index (χ0) is 30.5. The van der Waals surface area contributed by atoms with Crippen LogP contribution in [0, 0.1) is 23.7 Å². The number of nitrogens with one attached hydrogen (secondary N) is 2. The van der Waals surface area contributed by atoms with E-state index in [9.17, 15) is 13.2 Å². The number of sulfonamides is 1. The van der Waals surface area contributed by atoms with Crippen molar-refractivity contribution in [2.45, 2.75) is 75.8 Å². The molecule has 0 aromatic carbocycles. The summed E-state index contributed by atoms with van der Waals surface area (Å²) in [5.74, 6) is 4.16. The van der Waals surface area contributed by atoms with E-state index in [0.717, 1.165) is 43.4 Å². The number of rotatable bonds is 7. The molecule has 1 amide bonds. The number of fused-ring (bicyclic) bond motifs is 6. The lowest BCUT2D eigenvalue weighted by Crippen LogP contribution is -2.41. The highest BCUT2D eigenvalue weighted by atomic mass is 32.2. The molecule has 0 spiro atoms. The number of nitrogens with zero attached hydrogens (tertiary/aromatic N) is 5. The van der Waals surface area contributed by atoms with Gasteiger partial charge in [-0.05, 0) is 113 Å². The Morgan fingerprint density at radius 2 is 1.84 bits per heavy atom. The van der Waals surface area contributed by atoms with Crippen LogP contribution in [0.5, 0.6) is 5.88 Å². The molecule has 5 heterocycles. The van der Waals surface area contributed by atoms with E-state index in [-0.39, 0.29) is 16.1 Å². The van der Waals surface area contributed by atoms with Gasteiger partial charge in [-0.3, -0.25) is 4.79 Å². The number of ether oxygens (including phenoxy) is 1. The van der Waals surface area contributed by atoms with Gasteiger partial charge >= 0.3 is 0 Å². The molecule has 11 nitrogen and oxygen atoms in total. The maximum atomic E-state index is 13.6. The summed E-state index contributed by atoms with van der Waals surface area (Å²) in [6.07, 6.45) is 11.1. The Kier molecular flexibility index (Phi) is 7.50. The van der Waals surface area contributed by atoms with Crippen LogP contribution >= 0.6 is 0 Å². The number of pyridine rings is 2. The molecule has 4 aliphatic rings. The summed E-state index contributed by atoms with van der Waals surface area (Å²) in [6.45, 7) is 6.32. The second-order valence-electron chi connectivity index (χ2n) is 13.5. The summed E-state index contributed by atoms with van der Waals surface area (Å²) < 4.78 is 36.4. The summed E-state index contributed by atoms with van der Waals surface area (Å²) in [5, 5.41) is 7.65. The number of hydrogen-bond acceptors (Lipinski definition) is 9. The molecule has 234 valence electrons. The van der Waals surface area contributed by atoms with E-state index in [1.165, 1.54) is 31.7 Å². The summed E-state index contributed by atoms with van der Waals surface area (Å²) in [7, 11) is -4.22. The lowest BCUT2D eigenvalue weighted by Gasteiger charge is -2.34. The SMILES string of the molecule is CC1(C)C[C@@H]2CCCNc3cccc(n3)S(=O)(=O)NC(=O)c3ccc(-n4ccc(OCCC(C5CC5)C5CC5)n4)nc3N1C2. The number of carbonyl (C=O) groups is 1. The van der Waals surface area contributed by atoms with Crippen molar-refractivity contribution in [1.29, 1.82) is 0 Å². The molecule has 1 saturated heterocycles. The average molecular weight is 620 g/mol. The van der Waals surface area contributed by atoms with Gasteiger partial charge < -0.3 is 15.0 Å². The molecule has 0 radical (unpaired) electrons. The fourth-order valence-corrected chi connectivity index (χ4v) is 8.05. The van der Waals surface area contributed by atoms with Crippen LogP contribution in [0.1, 0.15) is 75.6 Å². The number of aromatic nitrogens is 4. The van der Waals surface area contributed by atoms with E-state index >= 15 is 0 Å². The molecule has 7 rings (SSSR count). The number of anilines is 2. The van der Waals surface area contributed by atoms with E-state index in [2.05, 4.69) is 38.9 Å². The third kappa shape index (κ3) is 6.13. The average Bonchev–Trinajstić information content (AvgIpc) is 3.93. The van der Waals surface area contributed by atoms with Crippen molar-refractivity contribution in [1.82, 2.24) is 24.5 Å². The van der Waals surface area contributed by atoms with Gasteiger partial charge in [0.25, 0.3) is 15.9 Å². The standard InChI is InChI=1S/C32H41N7O4S/c1-32(2)19-21-5-4-16-33-26-6-3-7-29(34-26)44(41,42)37-31(40)25-12-13-27(35-30(25)38(32)20-21)39-17-14-28(36-39)43-18-15-24(22-8-9-22)23-10-11-23/h3,6-7,12-14,17,21-24H,4-5,8-11,15-16,18-20H2,1-2H3,(H,33,34)(H,37,40)/t21-/m0/s1. The zero-order valence-corrected chi connectivity index (χ0v) is 26.2. The van der Waals surface area contributed by atoms with Gasteiger partial charge in [-0.1, -0.05) is 6.07 Å². The van der Waals surface area contributed by atoms with Gasteiger partial charge in [-0.15, -0.1) is 5.10 Å². The first kappa shape index (κ1) is 29.1. The third-order valence-electron chi connectivity index (χ3n) is 9.60. The predicted octanol–water partition coefficient (Wildman–Crippen LogP) is 4.80. The molecule has 0 unspecified atom stereocenters. The molecule has 3 aromatic heterocycles. The molecule has 2 aliphatic carbocycles. The Bertz CT molecular complexity index is 1640. The van der Waals surface area contributed by atoms with Gasteiger partial charge in [-0.2, -0.15) is 8.42 Å². The first-order valence-electron chi connectivity index (χ1n) is 15.9. The first-order chi connectivity index (χ1) is 21.2. The van der Waals surface area contributed by atoms with Crippen molar-refractivity contribution in [3.63, 3.8) is 0 Å². The summed E-state index contributed by atoms with van der Waals surface area (Å²) >= 11 is 0. The quantitative estimate of drug-likeness (QED) is 0.383. The fourth-order valence-electron chi connectivity index (χ4n) is 7.12. The maximum absolute atomic E-state index is 13.6. The molecule has 12 heteroatoms. The minimum atomic E-state index is -4.22. The van der Waals surface area contributed by atoms with Gasteiger partial charge in [-0.25, -0.2) is 19.4 Å². The van der Waals surface area contributed by atoms with Gasteiger partial charge in [0.1, 0.15) is 11.6 Å². The van der Waals surface area contributed by atoms with Crippen LogP contribution in [0.2, 0.25) is 0 Å². The Hall–Kier alpha value is -3.67. The molecule has 2 aliphatic heterocycles. The normalized spacial score (nSPS) is 22.8. The largest absolute Gasteiger partial charge is 0.477 e. The van der Waals surface area contributed by atoms with Crippen molar-refractivity contribution in [2.24, 2.45) is 23.7 Å². The van der Waals surface area contributed by atoms with Crippen LogP contribution in [0.3, 0.4) is 0 Å². The van der Waals surface area contributed by atoms with E-state index in [0.29, 0.717) is 48.9 Å². The summed E-state index contributed by atoms with van der Waals surface area (Å²) in [6, 6.07) is 9.88. The first-order valence-corrected chi connectivity index (χ1v) is 17.4. The van der Waals surface area contributed by atoms with Crippen LogP contribution in [0.15, 0.2) is 47.6 Å². The van der Waals surface area contributed by atoms with Crippen LogP contribution in [0.4, 0.5) is 11.6 Å². The molecule has 44 heavy (non-hydrogen) atoms. The van der Waals surface area contributed by atoms with Crippen LogP contribution in [-0.4, -0.2) is 59.3 Å². The molecule has 2 saturated carbocycles. The van der Waals surface area contributed by atoms with Crippen LogP contribution in [-0.2, 0) is 10.0 Å². The Morgan fingerprint density at radius 3 is 2.61 bits per heavy atom. The monoisotopic (exact) mass is 619 g/mol. The van der Waals surface area contributed by atoms with Crippen LogP contribution in [0.25, 0.3) is 5.82 Å². The minimum absolute atomic E-state index is 0.185. The number of hydrogen-bond donors (Lipinski definition) is 2. The smallest absolute Gasteiger partial charge is 0.281 e. The second-order valence-corrected chi connectivity index (χ2v) is 15.1. The summed E-state index contributed by atoms with van der Waals surface area (Å²) in [4.78, 5) is 25.0. The highest BCUT2D eigenvalue weighted by molar-refractivity contribution is 7.90. The Labute approximate surface area is 258 Å². The van der Waals surface area contributed by atoms with E-state index < -0.39 is 15.9 Å². The minimum Gasteiger partial charge on any atom is -0.477 e. The van der Waals surface area contributed by atoms with Crippen molar-refractivity contribution >= 4 is 27.6 Å². The van der Waals surface area contributed by atoms with E-state index in [4.69, 9.17) is 9.72 Å². The lowest BCUT2D eigenvalue weighted by molar-refractivity contribution is 0.0981. The van der Waals surface area contributed by atoms with Crippen molar-refractivity contribution in [3.8, 4) is 11.7 Å². The summed E-state index contributed by atoms with van der Waals surface area (Å²) in [5.41, 5.74) is -0.108. The van der Waals surface area contributed by atoms with Crippen molar-refractivity contribution in [2.75, 3.05) is 29.9 Å². The van der Waals surface area contributed by atoms with Crippen LogP contribution < -0.4 is 19.7 Å². The van der Waals surface area contributed by atoms with Crippen molar-refractivity contribution in [3.05, 3.63) is 48.2 Å². The molecule has 3 aromatic rings.